The quantitative estimate of drug-likeness (QED) is 0.681. The van der Waals surface area contributed by atoms with E-state index in [-0.39, 0.29) is 11.9 Å². The fourth-order valence-corrected chi connectivity index (χ4v) is 1.94. The number of nitrogens with one attached hydrogen (secondary N) is 2. The molecule has 2 N–H and O–H groups in total. The highest BCUT2D eigenvalue weighted by Crippen LogP contribution is 2.28. The molecule has 0 bridgehead atoms. The predicted octanol–water partition coefficient (Wildman–Crippen LogP) is 0.971. The van der Waals surface area contributed by atoms with Crippen LogP contribution >= 0.6 is 0 Å². The summed E-state index contributed by atoms with van der Waals surface area (Å²) in [4.78, 5) is 17.3. The van der Waals surface area contributed by atoms with Crippen molar-refractivity contribution in [1.82, 2.24) is 10.8 Å². The smallest absolute Gasteiger partial charge is 0.282 e. The molecule has 1 saturated heterocycles. The third-order valence-corrected chi connectivity index (χ3v) is 2.74. The zero-order chi connectivity index (χ0) is 12.9. The Balaban J connectivity index is 2.59. The number of ether oxygens (including phenoxy) is 1. The molecule has 1 heterocycles. The molecule has 2 unspecified atom stereocenters. The topological polar surface area (TPSA) is 59.6 Å². The number of hydrogen-bond donors (Lipinski definition) is 2. The molecule has 17 heavy (non-hydrogen) atoms. The van der Waals surface area contributed by atoms with E-state index in [1.165, 1.54) is 7.11 Å². The molecule has 0 aliphatic carbocycles. The standard InChI is InChI=1S/C12H22N2O3/c1-5-6-13-11(15)12(16-4)8-10(14-17-12)7-9(2)3/h5,9-10,14H,1,6-8H2,2-4H3,(H,13,15). The third-order valence-electron chi connectivity index (χ3n) is 2.74. The predicted molar refractivity (Wildman–Crippen MR) is 65.0 cm³/mol. The zero-order valence-electron chi connectivity index (χ0n) is 10.8. The van der Waals surface area contributed by atoms with Crippen molar-refractivity contribution in [3.05, 3.63) is 12.7 Å². The minimum atomic E-state index is -1.21. The molecule has 0 saturated carbocycles. The summed E-state index contributed by atoms with van der Waals surface area (Å²) < 4.78 is 5.24. The number of carbonyl (C=O) groups excluding carboxylic acids is 1. The summed E-state index contributed by atoms with van der Waals surface area (Å²) in [6.07, 6.45) is 3.08. The van der Waals surface area contributed by atoms with Gasteiger partial charge >= 0.3 is 0 Å². The monoisotopic (exact) mass is 242 g/mol. The number of methoxy groups -OCH3 is 1. The van der Waals surface area contributed by atoms with E-state index < -0.39 is 5.79 Å². The molecule has 0 aromatic heterocycles. The van der Waals surface area contributed by atoms with E-state index in [2.05, 4.69) is 31.2 Å². The highest BCUT2D eigenvalue weighted by molar-refractivity contribution is 5.84. The maximum atomic E-state index is 11.9. The second-order valence-electron chi connectivity index (χ2n) is 4.71. The second-order valence-corrected chi connectivity index (χ2v) is 4.71. The molecule has 1 fully saturated rings. The van der Waals surface area contributed by atoms with Crippen molar-refractivity contribution < 1.29 is 14.4 Å². The Bertz CT molecular complexity index is 281. The molecular weight excluding hydrogens is 220 g/mol. The fraction of sp³-hybridized carbons (Fsp3) is 0.750. The van der Waals surface area contributed by atoms with Crippen LogP contribution in [-0.2, 0) is 14.4 Å². The van der Waals surface area contributed by atoms with E-state index >= 15 is 0 Å². The van der Waals surface area contributed by atoms with Gasteiger partial charge in [-0.2, -0.15) is 5.48 Å². The van der Waals surface area contributed by atoms with Gasteiger partial charge in [-0.25, -0.2) is 0 Å². The number of amides is 1. The maximum absolute atomic E-state index is 11.9. The lowest BCUT2D eigenvalue weighted by atomic mass is 9.98. The largest absolute Gasteiger partial charge is 0.348 e. The Morgan fingerprint density at radius 3 is 3.00 bits per heavy atom. The molecule has 5 heteroatoms. The molecule has 1 amide bonds. The van der Waals surface area contributed by atoms with Gasteiger partial charge in [0, 0.05) is 26.1 Å². The molecule has 0 radical (unpaired) electrons. The lowest BCUT2D eigenvalue weighted by Gasteiger charge is -2.23. The van der Waals surface area contributed by atoms with Crippen LogP contribution in [0.1, 0.15) is 26.7 Å². The molecule has 0 aromatic rings. The minimum Gasteiger partial charge on any atom is -0.348 e. The number of carbonyl (C=O) groups is 1. The van der Waals surface area contributed by atoms with Crippen LogP contribution in [0.4, 0.5) is 0 Å². The Labute approximate surface area is 103 Å². The van der Waals surface area contributed by atoms with Crippen LogP contribution in [0.3, 0.4) is 0 Å². The van der Waals surface area contributed by atoms with Crippen molar-refractivity contribution in [2.24, 2.45) is 5.92 Å². The van der Waals surface area contributed by atoms with E-state index in [1.54, 1.807) is 6.08 Å². The third kappa shape index (κ3) is 3.52. The average molecular weight is 242 g/mol. The molecule has 0 aromatic carbocycles. The summed E-state index contributed by atoms with van der Waals surface area (Å²) in [5.74, 6) is -0.929. The summed E-state index contributed by atoms with van der Waals surface area (Å²) >= 11 is 0. The summed E-state index contributed by atoms with van der Waals surface area (Å²) in [5.41, 5.74) is 2.88. The van der Waals surface area contributed by atoms with Gasteiger partial charge in [0.25, 0.3) is 11.7 Å². The molecule has 1 aliphatic heterocycles. The highest BCUT2D eigenvalue weighted by atomic mass is 16.8. The van der Waals surface area contributed by atoms with E-state index in [0.29, 0.717) is 18.9 Å². The first-order chi connectivity index (χ1) is 8.04. The minimum absolute atomic E-state index is 0.143. The van der Waals surface area contributed by atoms with Gasteiger partial charge in [0.15, 0.2) is 0 Å². The Morgan fingerprint density at radius 2 is 2.47 bits per heavy atom. The highest BCUT2D eigenvalue weighted by Gasteiger charge is 2.47. The fourth-order valence-electron chi connectivity index (χ4n) is 1.94. The summed E-state index contributed by atoms with van der Waals surface area (Å²) in [7, 11) is 1.48. The van der Waals surface area contributed by atoms with Gasteiger partial charge in [-0.3, -0.25) is 9.63 Å². The van der Waals surface area contributed by atoms with Crippen LogP contribution in [0.2, 0.25) is 0 Å². The summed E-state index contributed by atoms with van der Waals surface area (Å²) in [6, 6.07) is 0.143. The van der Waals surface area contributed by atoms with Gasteiger partial charge in [-0.05, 0) is 12.3 Å². The van der Waals surface area contributed by atoms with E-state index in [9.17, 15) is 4.79 Å². The zero-order valence-corrected chi connectivity index (χ0v) is 10.8. The molecule has 0 spiro atoms. The molecule has 98 valence electrons. The van der Waals surface area contributed by atoms with Gasteiger partial charge in [-0.15, -0.1) is 6.58 Å². The number of rotatable bonds is 6. The van der Waals surface area contributed by atoms with Gasteiger partial charge in [0.2, 0.25) is 0 Å². The van der Waals surface area contributed by atoms with Crippen molar-refractivity contribution in [2.75, 3.05) is 13.7 Å². The molecule has 2 atom stereocenters. The van der Waals surface area contributed by atoms with Crippen LogP contribution in [0.15, 0.2) is 12.7 Å². The van der Waals surface area contributed by atoms with Crippen molar-refractivity contribution in [3.63, 3.8) is 0 Å². The number of hydroxylamine groups is 1. The normalized spacial score (nSPS) is 28.4. The van der Waals surface area contributed by atoms with Crippen LogP contribution in [0.25, 0.3) is 0 Å². The SMILES string of the molecule is C=CCNC(=O)C1(OC)CC(CC(C)C)NO1. The Hall–Kier alpha value is -0.910. The van der Waals surface area contributed by atoms with Gasteiger partial charge < -0.3 is 10.1 Å². The van der Waals surface area contributed by atoms with Crippen LogP contribution in [0, 0.1) is 5.92 Å². The van der Waals surface area contributed by atoms with E-state index in [0.717, 1.165) is 6.42 Å². The first kappa shape index (κ1) is 14.2. The maximum Gasteiger partial charge on any atom is 0.282 e. The molecule has 5 nitrogen and oxygen atoms in total. The summed E-state index contributed by atoms with van der Waals surface area (Å²) in [6.45, 7) is 8.22. The van der Waals surface area contributed by atoms with Crippen molar-refractivity contribution in [1.29, 1.82) is 0 Å². The molecule has 1 rings (SSSR count). The Morgan fingerprint density at radius 1 is 1.76 bits per heavy atom. The average Bonchev–Trinajstić information content (AvgIpc) is 2.69. The van der Waals surface area contributed by atoms with Gasteiger partial charge in [0.05, 0.1) is 0 Å². The lowest BCUT2D eigenvalue weighted by molar-refractivity contribution is -0.218. The summed E-state index contributed by atoms with van der Waals surface area (Å²) in [5, 5.41) is 2.69. The molecular formula is C12H22N2O3. The van der Waals surface area contributed by atoms with E-state index in [4.69, 9.17) is 9.57 Å². The second kappa shape index (κ2) is 6.14. The van der Waals surface area contributed by atoms with Crippen LogP contribution in [0.5, 0.6) is 0 Å². The van der Waals surface area contributed by atoms with E-state index in [1.807, 2.05) is 0 Å². The van der Waals surface area contributed by atoms with Gasteiger partial charge in [0.1, 0.15) is 0 Å². The number of hydrogen-bond acceptors (Lipinski definition) is 4. The lowest BCUT2D eigenvalue weighted by Crippen LogP contribution is -2.48. The Kier molecular flexibility index (Phi) is 5.11. The van der Waals surface area contributed by atoms with Crippen LogP contribution < -0.4 is 10.8 Å². The van der Waals surface area contributed by atoms with Crippen molar-refractivity contribution in [3.8, 4) is 0 Å². The van der Waals surface area contributed by atoms with Gasteiger partial charge in [-0.1, -0.05) is 19.9 Å². The molecule has 1 aliphatic rings. The first-order valence-corrected chi connectivity index (χ1v) is 5.92. The first-order valence-electron chi connectivity index (χ1n) is 5.92. The van der Waals surface area contributed by atoms with Crippen LogP contribution in [-0.4, -0.2) is 31.4 Å². The van der Waals surface area contributed by atoms with Crippen molar-refractivity contribution in [2.45, 2.75) is 38.5 Å². The van der Waals surface area contributed by atoms with Crippen molar-refractivity contribution >= 4 is 5.91 Å².